The van der Waals surface area contributed by atoms with E-state index in [1.165, 1.54) is 0 Å². The average Bonchev–Trinajstić information content (AvgIpc) is 3.00. The summed E-state index contributed by atoms with van der Waals surface area (Å²) in [7, 11) is 1.86. The molecule has 0 amide bonds. The largest absolute Gasteiger partial charge is 0.508 e. The summed E-state index contributed by atoms with van der Waals surface area (Å²) in [4.78, 5) is 30.4. The summed E-state index contributed by atoms with van der Waals surface area (Å²) in [6.07, 6.45) is 1.28. The van der Waals surface area contributed by atoms with Crippen LogP contribution in [0.25, 0.3) is 33.4 Å². The summed E-state index contributed by atoms with van der Waals surface area (Å²) in [5.41, 5.74) is 5.02. The Morgan fingerprint density at radius 2 is 1.68 bits per heavy atom. The van der Waals surface area contributed by atoms with E-state index in [-0.39, 0.29) is 29.1 Å². The van der Waals surface area contributed by atoms with Crippen LogP contribution in [0.5, 0.6) is 5.75 Å². The molecule has 1 aliphatic carbocycles. The van der Waals surface area contributed by atoms with Crippen LogP contribution in [0.4, 0.5) is 11.4 Å². The molecule has 1 unspecified atom stereocenters. The molecule has 244 valence electrons. The Morgan fingerprint density at radius 1 is 0.979 bits per heavy atom. The molecule has 0 spiro atoms. The Morgan fingerprint density at radius 3 is 2.34 bits per heavy atom. The topological polar surface area (TPSA) is 124 Å². The van der Waals surface area contributed by atoms with Crippen molar-refractivity contribution in [2.75, 3.05) is 18.5 Å². The molecule has 0 saturated heterocycles. The highest BCUT2D eigenvalue weighted by atomic mass is 35.5. The monoisotopic (exact) mass is 654 g/mol. The van der Waals surface area contributed by atoms with E-state index >= 15 is 0 Å². The van der Waals surface area contributed by atoms with Crippen LogP contribution >= 0.6 is 11.6 Å². The minimum atomic E-state index is -1.05. The highest BCUT2D eigenvalue weighted by Gasteiger charge is 2.26. The van der Waals surface area contributed by atoms with Gasteiger partial charge in [-0.2, -0.15) is 0 Å². The first kappa shape index (κ1) is 33.5. The molecule has 0 saturated carbocycles. The van der Waals surface area contributed by atoms with E-state index in [1.54, 1.807) is 42.5 Å². The number of halogens is 1. The zero-order chi connectivity index (χ0) is 34.0. The number of benzene rings is 4. The Kier molecular flexibility index (Phi) is 9.63. The minimum Gasteiger partial charge on any atom is -0.508 e. The van der Waals surface area contributed by atoms with Crippen molar-refractivity contribution in [3.8, 4) is 28.2 Å². The fraction of sp³-hybridized carbons (Fsp3) is 0.289. The zero-order valence-electron chi connectivity index (χ0n) is 27.2. The summed E-state index contributed by atoms with van der Waals surface area (Å²) in [5, 5.41) is 31.0. The maximum Gasteiger partial charge on any atom is 0.336 e. The number of carboxylic acid groups (broad SMARTS) is 2. The molecule has 3 N–H and O–H groups in total. The first-order valence-corrected chi connectivity index (χ1v) is 15.9. The Balaban J connectivity index is 1.84. The van der Waals surface area contributed by atoms with Gasteiger partial charge in [-0.05, 0) is 77.8 Å². The van der Waals surface area contributed by atoms with Gasteiger partial charge >= 0.3 is 11.9 Å². The number of rotatable bonds is 10. The van der Waals surface area contributed by atoms with Crippen molar-refractivity contribution < 1.29 is 29.3 Å². The van der Waals surface area contributed by atoms with Crippen molar-refractivity contribution in [2.24, 2.45) is 10.4 Å². The van der Waals surface area contributed by atoms with E-state index < -0.39 is 11.9 Å². The molecule has 3 aromatic carbocycles. The van der Waals surface area contributed by atoms with Gasteiger partial charge in [-0.3, -0.25) is 9.79 Å². The lowest BCUT2D eigenvalue weighted by molar-refractivity contribution is -0.137. The predicted molar refractivity (Wildman–Crippen MR) is 186 cm³/mol. The van der Waals surface area contributed by atoms with Gasteiger partial charge in [0.1, 0.15) is 17.1 Å². The lowest BCUT2D eigenvalue weighted by atomic mass is 9.81. The number of fused-ring (bicyclic) bond motifs is 2. The highest BCUT2D eigenvalue weighted by molar-refractivity contribution is 6.34. The predicted octanol–water partition coefficient (Wildman–Crippen LogP) is 9.33. The van der Waals surface area contributed by atoms with Gasteiger partial charge in [0, 0.05) is 54.3 Å². The molecule has 2 aliphatic rings. The standard InChI is InChI=1S/C38H39ClN2O6/c1-22(21-38(2,3)4)27-17-28-33(19-31(27)40-16-8-11-35(43)44)47-34-20-32(41(5)23-12-14-24(42)15-13-23)30(39)18-29(34)36(28)25-9-6-7-10-26(25)37(45)46/h6-7,9-10,12-15,17-20,22,42H,8,11,16,21H2,1-5H3,(H,43,44)(H,45,46). The lowest BCUT2D eigenvalue weighted by Gasteiger charge is -2.26. The van der Waals surface area contributed by atoms with Crippen molar-refractivity contribution >= 4 is 45.9 Å². The van der Waals surface area contributed by atoms with Crippen LogP contribution in [0.15, 0.2) is 82.2 Å². The van der Waals surface area contributed by atoms with Gasteiger partial charge in [-0.15, -0.1) is 0 Å². The van der Waals surface area contributed by atoms with Crippen molar-refractivity contribution in [2.45, 2.75) is 52.9 Å². The molecule has 0 bridgehead atoms. The third-order valence-electron chi connectivity index (χ3n) is 8.24. The van der Waals surface area contributed by atoms with Crippen LogP contribution in [-0.4, -0.2) is 40.9 Å². The number of carboxylic acids is 2. The molecular weight excluding hydrogens is 616 g/mol. The summed E-state index contributed by atoms with van der Waals surface area (Å²) in [5.74, 6) is -1.17. The van der Waals surface area contributed by atoms with Crippen molar-refractivity contribution in [3.05, 3.63) is 94.3 Å². The van der Waals surface area contributed by atoms with Gasteiger partial charge in [0.25, 0.3) is 0 Å². The van der Waals surface area contributed by atoms with Gasteiger partial charge in [0.05, 0.1) is 21.6 Å². The Bertz CT molecular complexity index is 1990. The number of phenolic OH excluding ortho intramolecular Hbond substituents is 1. The minimum absolute atomic E-state index is 0.0210. The molecule has 0 fully saturated rings. The first-order chi connectivity index (χ1) is 22.2. The number of hydrogen-bond acceptors (Lipinski definition) is 6. The number of carbonyl (C=O) groups is 2. The Labute approximate surface area is 278 Å². The molecule has 0 aromatic heterocycles. The quantitative estimate of drug-likeness (QED) is 0.101. The summed E-state index contributed by atoms with van der Waals surface area (Å²) in [6, 6.07) is 21.2. The van der Waals surface area contributed by atoms with E-state index in [2.05, 4.69) is 27.7 Å². The Hall–Kier alpha value is -4.82. The molecule has 1 atom stereocenters. The van der Waals surface area contributed by atoms with Gasteiger partial charge in [-0.25, -0.2) is 4.79 Å². The van der Waals surface area contributed by atoms with Crippen LogP contribution < -0.4 is 10.3 Å². The fourth-order valence-corrected chi connectivity index (χ4v) is 6.48. The van der Waals surface area contributed by atoms with Crippen molar-refractivity contribution in [1.82, 2.24) is 0 Å². The number of aromatic carboxylic acids is 1. The van der Waals surface area contributed by atoms with E-state index in [0.29, 0.717) is 51.5 Å². The van der Waals surface area contributed by atoms with Crippen LogP contribution in [0.1, 0.15) is 68.8 Å². The third kappa shape index (κ3) is 7.44. The molecule has 1 aliphatic heterocycles. The molecule has 9 heteroatoms. The van der Waals surface area contributed by atoms with E-state index in [4.69, 9.17) is 26.1 Å². The van der Waals surface area contributed by atoms with Crippen molar-refractivity contribution in [3.63, 3.8) is 0 Å². The maximum absolute atomic E-state index is 12.5. The lowest BCUT2D eigenvalue weighted by Crippen LogP contribution is -2.19. The average molecular weight is 655 g/mol. The highest BCUT2D eigenvalue weighted by Crippen LogP contribution is 2.45. The molecule has 1 heterocycles. The van der Waals surface area contributed by atoms with Crippen LogP contribution in [0.2, 0.25) is 5.02 Å². The molecule has 5 rings (SSSR count). The van der Waals surface area contributed by atoms with Crippen LogP contribution in [0.3, 0.4) is 0 Å². The maximum atomic E-state index is 12.5. The molecule has 8 nitrogen and oxygen atoms in total. The van der Waals surface area contributed by atoms with E-state index in [9.17, 15) is 19.8 Å². The fourth-order valence-electron chi connectivity index (χ4n) is 6.19. The summed E-state index contributed by atoms with van der Waals surface area (Å²) in [6.45, 7) is 9.03. The van der Waals surface area contributed by atoms with E-state index in [0.717, 1.165) is 28.6 Å². The first-order valence-electron chi connectivity index (χ1n) is 15.6. The number of anilines is 2. The van der Waals surface area contributed by atoms with Crippen LogP contribution in [0, 0.1) is 5.41 Å². The normalized spacial score (nSPS) is 12.9. The molecule has 0 radical (unpaired) electrons. The van der Waals surface area contributed by atoms with Gasteiger partial charge < -0.3 is 24.6 Å². The van der Waals surface area contributed by atoms with Crippen molar-refractivity contribution in [1.29, 1.82) is 0 Å². The van der Waals surface area contributed by atoms with E-state index in [1.807, 2.05) is 42.3 Å². The zero-order valence-corrected chi connectivity index (χ0v) is 27.9. The number of nitrogens with zero attached hydrogens (tertiary/aromatic N) is 2. The summed E-state index contributed by atoms with van der Waals surface area (Å²) < 4.78 is 6.60. The van der Waals surface area contributed by atoms with Gasteiger partial charge in [0.2, 0.25) is 0 Å². The van der Waals surface area contributed by atoms with Gasteiger partial charge in [-0.1, -0.05) is 57.5 Å². The third-order valence-corrected chi connectivity index (χ3v) is 8.54. The molecule has 47 heavy (non-hydrogen) atoms. The second-order valence-corrected chi connectivity index (χ2v) is 13.6. The number of hydrogen-bond donors (Lipinski definition) is 3. The second kappa shape index (κ2) is 13.5. The smallest absolute Gasteiger partial charge is 0.336 e. The number of phenols is 1. The number of aromatic hydroxyl groups is 1. The number of aliphatic carboxylic acids is 1. The second-order valence-electron chi connectivity index (χ2n) is 13.2. The molecule has 3 aromatic rings. The summed E-state index contributed by atoms with van der Waals surface area (Å²) >= 11 is 6.96. The SMILES string of the molecule is CC(CC(C)(C)C)c1cc2c(-c3ccccc3C(=O)O)c3cc(Cl)c(N(C)c4ccc(O)cc4)cc3oc-2cc1=NCCCC(=O)O. The van der Waals surface area contributed by atoms with Crippen LogP contribution in [-0.2, 0) is 4.79 Å². The van der Waals surface area contributed by atoms with Gasteiger partial charge in [0.15, 0.2) is 0 Å². The molecular formula is C38H39ClN2O6.